The zero-order valence-corrected chi connectivity index (χ0v) is 16.5. The fourth-order valence-corrected chi connectivity index (χ4v) is 2.79. The summed E-state index contributed by atoms with van der Waals surface area (Å²) in [5.74, 6) is 1.63. The van der Waals surface area contributed by atoms with Crippen molar-refractivity contribution in [3.8, 4) is 28.6 Å². The molecule has 0 bridgehead atoms. The van der Waals surface area contributed by atoms with Gasteiger partial charge in [-0.2, -0.15) is 4.98 Å². The quantitative estimate of drug-likeness (QED) is 0.553. The van der Waals surface area contributed by atoms with E-state index in [0.29, 0.717) is 22.5 Å². The molecule has 3 rings (SSSR count). The summed E-state index contributed by atoms with van der Waals surface area (Å²) < 4.78 is 11.1. The van der Waals surface area contributed by atoms with Gasteiger partial charge in [-0.15, -0.1) is 0 Å². The highest BCUT2D eigenvalue weighted by atomic mass is 35.5. The number of nitrogens with zero attached hydrogens (tertiary/aromatic N) is 2. The van der Waals surface area contributed by atoms with E-state index in [1.54, 1.807) is 6.07 Å². The molecule has 0 atom stereocenters. The molecule has 3 aromatic rings. The highest BCUT2D eigenvalue weighted by Gasteiger charge is 2.16. The summed E-state index contributed by atoms with van der Waals surface area (Å²) in [7, 11) is 0. The van der Waals surface area contributed by atoms with E-state index in [-0.39, 0.29) is 11.5 Å². The number of halogens is 1. The first-order valence-corrected chi connectivity index (χ1v) is 9.03. The van der Waals surface area contributed by atoms with Gasteiger partial charge in [0.2, 0.25) is 5.82 Å². The zero-order valence-electron chi connectivity index (χ0n) is 15.7. The third kappa shape index (κ3) is 4.07. The fraction of sp³-hybridized carbons (Fsp3) is 0.333. The Morgan fingerprint density at radius 2 is 1.65 bits per heavy atom. The van der Waals surface area contributed by atoms with Crippen LogP contribution < -0.4 is 4.74 Å². The second-order valence-electron chi connectivity index (χ2n) is 7.56. The van der Waals surface area contributed by atoms with E-state index in [4.69, 9.17) is 20.9 Å². The van der Waals surface area contributed by atoms with E-state index in [1.807, 2.05) is 38.1 Å². The molecule has 4 nitrogen and oxygen atoms in total. The van der Waals surface area contributed by atoms with Crippen LogP contribution in [0.4, 0.5) is 0 Å². The summed E-state index contributed by atoms with van der Waals surface area (Å²) in [6, 6.07) is 13.7. The molecule has 0 radical (unpaired) electrons. The Morgan fingerprint density at radius 3 is 2.23 bits per heavy atom. The summed E-state index contributed by atoms with van der Waals surface area (Å²) in [6.45, 7) is 10.5. The number of rotatable bonds is 4. The van der Waals surface area contributed by atoms with Crippen LogP contribution in [-0.4, -0.2) is 16.2 Å². The molecule has 26 heavy (non-hydrogen) atoms. The molecule has 5 heteroatoms. The fourth-order valence-electron chi connectivity index (χ4n) is 2.56. The predicted molar refractivity (Wildman–Crippen MR) is 105 cm³/mol. The average molecular weight is 371 g/mol. The van der Waals surface area contributed by atoms with E-state index in [9.17, 15) is 0 Å². The second-order valence-corrected chi connectivity index (χ2v) is 7.97. The van der Waals surface area contributed by atoms with Crippen LogP contribution in [0.25, 0.3) is 22.8 Å². The van der Waals surface area contributed by atoms with Crippen molar-refractivity contribution >= 4 is 11.6 Å². The summed E-state index contributed by atoms with van der Waals surface area (Å²) in [5.41, 5.74) is 3.04. The Labute approximate surface area is 159 Å². The van der Waals surface area contributed by atoms with Gasteiger partial charge in [-0.05, 0) is 55.2 Å². The van der Waals surface area contributed by atoms with Crippen LogP contribution in [0.15, 0.2) is 47.0 Å². The maximum Gasteiger partial charge on any atom is 0.258 e. The topological polar surface area (TPSA) is 48.2 Å². The number of hydrogen-bond acceptors (Lipinski definition) is 4. The monoisotopic (exact) mass is 370 g/mol. The lowest BCUT2D eigenvalue weighted by Gasteiger charge is -2.18. The van der Waals surface area contributed by atoms with Gasteiger partial charge in [0, 0.05) is 11.1 Å². The molecule has 1 heterocycles. The van der Waals surface area contributed by atoms with E-state index in [2.05, 4.69) is 43.0 Å². The normalized spacial score (nSPS) is 11.8. The van der Waals surface area contributed by atoms with Crippen LogP contribution in [0.5, 0.6) is 5.75 Å². The van der Waals surface area contributed by atoms with E-state index in [1.165, 1.54) is 5.56 Å². The summed E-state index contributed by atoms with van der Waals surface area (Å²) in [6.07, 6.45) is 0.0613. The smallest absolute Gasteiger partial charge is 0.258 e. The molecule has 0 fully saturated rings. The number of hydrogen-bond donors (Lipinski definition) is 0. The molecule has 0 N–H and O–H groups in total. The molecule has 0 amide bonds. The van der Waals surface area contributed by atoms with Gasteiger partial charge in [0.25, 0.3) is 5.89 Å². The van der Waals surface area contributed by atoms with Gasteiger partial charge < -0.3 is 9.26 Å². The van der Waals surface area contributed by atoms with Gasteiger partial charge >= 0.3 is 0 Å². The van der Waals surface area contributed by atoms with Gasteiger partial charge in [0.15, 0.2) is 0 Å². The Hall–Kier alpha value is -2.33. The van der Waals surface area contributed by atoms with Crippen molar-refractivity contribution in [2.75, 3.05) is 0 Å². The van der Waals surface area contributed by atoms with E-state index in [0.717, 1.165) is 11.1 Å². The second kappa shape index (κ2) is 7.12. The molecular formula is C21H23ClN2O2. The Kier molecular flexibility index (Phi) is 5.05. The van der Waals surface area contributed by atoms with Crippen LogP contribution in [0.1, 0.15) is 40.2 Å². The Bertz CT molecular complexity index is 893. The summed E-state index contributed by atoms with van der Waals surface area (Å²) >= 11 is 6.30. The highest BCUT2D eigenvalue weighted by molar-refractivity contribution is 6.32. The summed E-state index contributed by atoms with van der Waals surface area (Å²) in [5, 5.41) is 4.61. The van der Waals surface area contributed by atoms with Crippen molar-refractivity contribution in [3.05, 3.63) is 53.1 Å². The van der Waals surface area contributed by atoms with Crippen LogP contribution >= 0.6 is 11.6 Å². The minimum Gasteiger partial charge on any atom is -0.489 e. The first-order valence-electron chi connectivity index (χ1n) is 8.65. The molecule has 1 aromatic heterocycles. The maximum absolute atomic E-state index is 6.30. The molecule has 0 aliphatic rings. The van der Waals surface area contributed by atoms with Crippen LogP contribution in [0, 0.1) is 0 Å². The Balaban J connectivity index is 1.85. The van der Waals surface area contributed by atoms with Crippen molar-refractivity contribution in [1.29, 1.82) is 0 Å². The number of ether oxygens (including phenoxy) is 1. The van der Waals surface area contributed by atoms with Crippen molar-refractivity contribution in [2.24, 2.45) is 0 Å². The van der Waals surface area contributed by atoms with Crippen LogP contribution in [0.2, 0.25) is 5.02 Å². The van der Waals surface area contributed by atoms with Crippen molar-refractivity contribution < 1.29 is 9.26 Å². The zero-order chi connectivity index (χ0) is 18.9. The van der Waals surface area contributed by atoms with Gasteiger partial charge in [0.1, 0.15) is 5.75 Å². The Morgan fingerprint density at radius 1 is 1.00 bits per heavy atom. The summed E-state index contributed by atoms with van der Waals surface area (Å²) in [4.78, 5) is 4.50. The molecular weight excluding hydrogens is 348 g/mol. The minimum atomic E-state index is 0.0613. The predicted octanol–water partition coefficient (Wildman–Crippen LogP) is 6.14. The molecule has 0 spiro atoms. The van der Waals surface area contributed by atoms with Crippen LogP contribution in [0.3, 0.4) is 0 Å². The number of benzene rings is 2. The first-order chi connectivity index (χ1) is 12.2. The van der Waals surface area contributed by atoms with Gasteiger partial charge in [0.05, 0.1) is 11.1 Å². The molecule has 136 valence electrons. The third-order valence-corrected chi connectivity index (χ3v) is 4.27. The van der Waals surface area contributed by atoms with E-state index >= 15 is 0 Å². The molecule has 0 unspecified atom stereocenters. The SMILES string of the molecule is CC(C)Oc1ccc(-c2noc(-c3ccc(C(C)(C)C)cc3)n2)cc1Cl. The largest absolute Gasteiger partial charge is 0.489 e. The molecule has 2 aromatic carbocycles. The third-order valence-electron chi connectivity index (χ3n) is 3.98. The van der Waals surface area contributed by atoms with Gasteiger partial charge in [-0.1, -0.05) is 49.7 Å². The lowest BCUT2D eigenvalue weighted by atomic mass is 9.87. The maximum atomic E-state index is 6.30. The highest BCUT2D eigenvalue weighted by Crippen LogP contribution is 2.31. The molecule has 0 aliphatic heterocycles. The lowest BCUT2D eigenvalue weighted by molar-refractivity contribution is 0.242. The molecule has 0 aliphatic carbocycles. The van der Waals surface area contributed by atoms with Gasteiger partial charge in [-0.25, -0.2) is 0 Å². The molecule has 0 saturated heterocycles. The minimum absolute atomic E-state index is 0.0613. The number of aromatic nitrogens is 2. The van der Waals surface area contributed by atoms with Crippen LogP contribution in [-0.2, 0) is 5.41 Å². The van der Waals surface area contributed by atoms with Crippen molar-refractivity contribution in [1.82, 2.24) is 10.1 Å². The van der Waals surface area contributed by atoms with Crippen molar-refractivity contribution in [2.45, 2.75) is 46.1 Å². The van der Waals surface area contributed by atoms with E-state index < -0.39 is 0 Å². The molecule has 0 saturated carbocycles. The van der Waals surface area contributed by atoms with Crippen molar-refractivity contribution in [3.63, 3.8) is 0 Å². The first kappa shape index (κ1) is 18.5. The van der Waals surface area contributed by atoms with Gasteiger partial charge in [-0.3, -0.25) is 0 Å². The lowest BCUT2D eigenvalue weighted by Crippen LogP contribution is -2.10. The standard InChI is InChI=1S/C21H23ClN2O2/c1-13(2)25-18-11-8-15(12-17(18)22)19-23-20(26-24-19)14-6-9-16(10-7-14)21(3,4)5/h6-13H,1-5H3. The average Bonchev–Trinajstić information content (AvgIpc) is 3.06.